The summed E-state index contributed by atoms with van der Waals surface area (Å²) in [5.41, 5.74) is 1.69. The van der Waals surface area contributed by atoms with E-state index >= 15 is 0 Å². The van der Waals surface area contributed by atoms with Crippen LogP contribution >= 0.6 is 11.6 Å². The molecule has 23 heavy (non-hydrogen) atoms. The molecule has 3 rings (SSSR count). The van der Waals surface area contributed by atoms with E-state index in [1.54, 1.807) is 36.5 Å². The van der Waals surface area contributed by atoms with Crippen LogP contribution in [0.1, 0.15) is 18.4 Å². The molecule has 6 heteroatoms. The Bertz CT molecular complexity index is 729. The zero-order valence-electron chi connectivity index (χ0n) is 12.6. The van der Waals surface area contributed by atoms with Gasteiger partial charge >= 0.3 is 0 Å². The van der Waals surface area contributed by atoms with Gasteiger partial charge in [-0.2, -0.15) is 0 Å². The molecule has 0 spiro atoms. The first-order valence-electron chi connectivity index (χ1n) is 7.36. The third kappa shape index (κ3) is 3.35. The fraction of sp³-hybridized carbons (Fsp3) is 0.235. The van der Waals surface area contributed by atoms with Crippen molar-refractivity contribution in [1.82, 2.24) is 4.98 Å². The molecule has 118 valence electrons. The van der Waals surface area contributed by atoms with E-state index in [9.17, 15) is 9.59 Å². The van der Waals surface area contributed by atoms with Crippen molar-refractivity contribution in [3.8, 4) is 0 Å². The summed E-state index contributed by atoms with van der Waals surface area (Å²) >= 11 is 5.88. The normalized spacial score (nSPS) is 17.4. The fourth-order valence-electron chi connectivity index (χ4n) is 2.61. The molecule has 1 aromatic heterocycles. The Labute approximate surface area is 139 Å². The maximum absolute atomic E-state index is 12.5. The molecule has 2 aromatic rings. The number of pyridine rings is 1. The highest BCUT2D eigenvalue weighted by atomic mass is 35.5. The van der Waals surface area contributed by atoms with Crippen LogP contribution in [-0.2, 0) is 9.59 Å². The maximum atomic E-state index is 12.5. The van der Waals surface area contributed by atoms with Crippen LogP contribution in [-0.4, -0.2) is 22.8 Å². The molecule has 0 bridgehead atoms. The van der Waals surface area contributed by atoms with Gasteiger partial charge in [-0.15, -0.1) is 0 Å². The average Bonchev–Trinajstić information content (AvgIpc) is 2.92. The number of aromatic nitrogens is 1. The minimum Gasteiger partial charge on any atom is -0.309 e. The van der Waals surface area contributed by atoms with Crippen LogP contribution in [0.2, 0.25) is 5.02 Å². The van der Waals surface area contributed by atoms with Crippen molar-refractivity contribution in [2.24, 2.45) is 0 Å². The van der Waals surface area contributed by atoms with Gasteiger partial charge in [-0.25, -0.2) is 4.98 Å². The van der Waals surface area contributed by atoms with Crippen molar-refractivity contribution in [3.63, 3.8) is 0 Å². The summed E-state index contributed by atoms with van der Waals surface area (Å²) in [6.07, 6.45) is 2.52. The lowest BCUT2D eigenvalue weighted by Crippen LogP contribution is -2.41. The van der Waals surface area contributed by atoms with Crippen molar-refractivity contribution in [2.45, 2.75) is 25.8 Å². The standard InChI is InChI=1S/C17H16ClN3O2/c1-11-2-8-15(19-10-11)20-17(23)14-7-9-16(22)21(14)13-5-3-12(18)4-6-13/h2-6,8,10,14H,7,9H2,1H3,(H,19,20,23)/t14-/m0/s1. The lowest BCUT2D eigenvalue weighted by atomic mass is 10.2. The molecule has 1 N–H and O–H groups in total. The van der Waals surface area contributed by atoms with Crippen molar-refractivity contribution in [3.05, 3.63) is 53.2 Å². The van der Waals surface area contributed by atoms with Gasteiger partial charge in [-0.05, 0) is 49.2 Å². The van der Waals surface area contributed by atoms with Gasteiger partial charge in [0, 0.05) is 23.3 Å². The average molecular weight is 330 g/mol. The van der Waals surface area contributed by atoms with E-state index < -0.39 is 6.04 Å². The Hall–Kier alpha value is -2.40. The molecule has 1 atom stereocenters. The third-order valence-corrected chi connectivity index (χ3v) is 4.03. The molecule has 1 aromatic carbocycles. The molecular formula is C17H16ClN3O2. The monoisotopic (exact) mass is 329 g/mol. The van der Waals surface area contributed by atoms with Gasteiger partial charge in [0.1, 0.15) is 11.9 Å². The molecule has 0 saturated carbocycles. The van der Waals surface area contributed by atoms with Gasteiger partial charge in [-0.3, -0.25) is 14.5 Å². The van der Waals surface area contributed by atoms with Crippen molar-refractivity contribution < 1.29 is 9.59 Å². The number of amides is 2. The number of hydrogen-bond acceptors (Lipinski definition) is 3. The van der Waals surface area contributed by atoms with Gasteiger partial charge < -0.3 is 5.32 Å². The summed E-state index contributed by atoms with van der Waals surface area (Å²) in [7, 11) is 0. The minimum absolute atomic E-state index is 0.0654. The van der Waals surface area contributed by atoms with Crippen LogP contribution in [0.25, 0.3) is 0 Å². The third-order valence-electron chi connectivity index (χ3n) is 3.78. The lowest BCUT2D eigenvalue weighted by Gasteiger charge is -2.24. The van der Waals surface area contributed by atoms with E-state index in [2.05, 4.69) is 10.3 Å². The Morgan fingerprint density at radius 1 is 1.26 bits per heavy atom. The molecule has 0 aliphatic carbocycles. The number of carbonyl (C=O) groups is 2. The van der Waals surface area contributed by atoms with Gasteiger partial charge in [0.25, 0.3) is 0 Å². The zero-order valence-corrected chi connectivity index (χ0v) is 13.4. The number of halogens is 1. The van der Waals surface area contributed by atoms with E-state index in [4.69, 9.17) is 11.6 Å². The van der Waals surface area contributed by atoms with Crippen LogP contribution in [0.3, 0.4) is 0 Å². The number of rotatable bonds is 3. The summed E-state index contributed by atoms with van der Waals surface area (Å²) in [5, 5.41) is 3.36. The Balaban J connectivity index is 1.79. The number of nitrogens with one attached hydrogen (secondary N) is 1. The number of carbonyl (C=O) groups excluding carboxylic acids is 2. The van der Waals surface area contributed by atoms with E-state index in [0.717, 1.165) is 5.56 Å². The van der Waals surface area contributed by atoms with Gasteiger partial charge in [0.15, 0.2) is 0 Å². The molecule has 1 fully saturated rings. The molecule has 1 aliphatic heterocycles. The SMILES string of the molecule is Cc1ccc(NC(=O)[C@@H]2CCC(=O)N2c2ccc(Cl)cc2)nc1. The summed E-state index contributed by atoms with van der Waals surface area (Å²) < 4.78 is 0. The van der Waals surface area contributed by atoms with Gasteiger partial charge in [0.05, 0.1) is 0 Å². The highest BCUT2D eigenvalue weighted by molar-refractivity contribution is 6.30. The first kappa shape index (κ1) is 15.5. The fourth-order valence-corrected chi connectivity index (χ4v) is 2.73. The summed E-state index contributed by atoms with van der Waals surface area (Å²) in [5.74, 6) is 0.183. The van der Waals surface area contributed by atoms with E-state index in [1.807, 2.05) is 13.0 Å². The molecule has 0 radical (unpaired) electrons. The second-order valence-electron chi connectivity index (χ2n) is 5.50. The lowest BCUT2D eigenvalue weighted by molar-refractivity contribution is -0.120. The molecule has 2 amide bonds. The van der Waals surface area contributed by atoms with Crippen LogP contribution < -0.4 is 10.2 Å². The summed E-state index contributed by atoms with van der Waals surface area (Å²) in [6, 6.07) is 9.99. The Kier molecular flexibility index (Phi) is 4.30. The van der Waals surface area contributed by atoms with Crippen LogP contribution in [0, 0.1) is 6.92 Å². The molecular weight excluding hydrogens is 314 g/mol. The largest absolute Gasteiger partial charge is 0.309 e. The first-order valence-corrected chi connectivity index (χ1v) is 7.73. The van der Waals surface area contributed by atoms with Crippen LogP contribution in [0.4, 0.5) is 11.5 Å². The Morgan fingerprint density at radius 3 is 2.65 bits per heavy atom. The van der Waals surface area contributed by atoms with E-state index in [-0.39, 0.29) is 11.8 Å². The minimum atomic E-state index is -0.535. The highest BCUT2D eigenvalue weighted by Crippen LogP contribution is 2.28. The molecule has 0 unspecified atom stereocenters. The first-order chi connectivity index (χ1) is 11.0. The predicted octanol–water partition coefficient (Wildman–Crippen LogP) is 3.18. The molecule has 1 saturated heterocycles. The smallest absolute Gasteiger partial charge is 0.248 e. The van der Waals surface area contributed by atoms with Gasteiger partial charge in [-0.1, -0.05) is 17.7 Å². The second-order valence-corrected chi connectivity index (χ2v) is 5.94. The van der Waals surface area contributed by atoms with Crippen molar-refractivity contribution >= 4 is 34.9 Å². The van der Waals surface area contributed by atoms with Crippen molar-refractivity contribution in [2.75, 3.05) is 10.2 Å². The molecule has 2 heterocycles. The predicted molar refractivity (Wildman–Crippen MR) is 89.6 cm³/mol. The Morgan fingerprint density at radius 2 is 2.00 bits per heavy atom. The molecule has 1 aliphatic rings. The topological polar surface area (TPSA) is 62.3 Å². The number of aryl methyl sites for hydroxylation is 1. The van der Waals surface area contributed by atoms with Crippen LogP contribution in [0.5, 0.6) is 0 Å². The summed E-state index contributed by atoms with van der Waals surface area (Å²) in [4.78, 5) is 30.4. The quantitative estimate of drug-likeness (QED) is 0.940. The van der Waals surface area contributed by atoms with Crippen LogP contribution in [0.15, 0.2) is 42.6 Å². The second kappa shape index (κ2) is 6.38. The summed E-state index contributed by atoms with van der Waals surface area (Å²) in [6.45, 7) is 1.93. The number of anilines is 2. The zero-order chi connectivity index (χ0) is 16.4. The number of nitrogens with zero attached hydrogens (tertiary/aromatic N) is 2. The molecule has 5 nitrogen and oxygen atoms in total. The highest BCUT2D eigenvalue weighted by Gasteiger charge is 2.37. The number of benzene rings is 1. The maximum Gasteiger partial charge on any atom is 0.248 e. The van der Waals surface area contributed by atoms with Gasteiger partial charge in [0.2, 0.25) is 11.8 Å². The van der Waals surface area contributed by atoms with Crippen molar-refractivity contribution in [1.29, 1.82) is 0 Å². The van der Waals surface area contributed by atoms with E-state index in [1.165, 1.54) is 4.90 Å². The number of hydrogen-bond donors (Lipinski definition) is 1. The van der Waals surface area contributed by atoms with E-state index in [0.29, 0.717) is 29.4 Å².